The molecule has 2 rings (SSSR count). The minimum atomic E-state index is -3.65. The molecule has 0 saturated heterocycles. The van der Waals surface area contributed by atoms with Crippen molar-refractivity contribution in [2.24, 2.45) is 11.8 Å². The van der Waals surface area contributed by atoms with Crippen molar-refractivity contribution in [1.29, 1.82) is 0 Å². The Kier molecular flexibility index (Phi) is 4.73. The van der Waals surface area contributed by atoms with Gasteiger partial charge in [-0.2, -0.15) is 0 Å². The van der Waals surface area contributed by atoms with Crippen molar-refractivity contribution in [3.63, 3.8) is 0 Å². The molecule has 2 unspecified atom stereocenters. The molecule has 0 spiro atoms. The number of rotatable bonds is 6. The summed E-state index contributed by atoms with van der Waals surface area (Å²) in [5, 5.41) is 9.08. The molecule has 2 N–H and O–H groups in total. The lowest BCUT2D eigenvalue weighted by Gasteiger charge is -2.15. The standard InChI is InChI=1S/C14H22N2O4S/c1-3-16-9-12(7-13(16)14(17)18)21(19,20)15-8-11-6-4-5-10(11)2/h7,9-11,15H,3-6,8H2,1-2H3,(H,17,18). The second kappa shape index (κ2) is 6.19. The Labute approximate surface area is 125 Å². The molecule has 2 atom stereocenters. The maximum absolute atomic E-state index is 12.3. The lowest BCUT2D eigenvalue weighted by atomic mass is 9.99. The van der Waals surface area contributed by atoms with Crippen LogP contribution in [0, 0.1) is 11.8 Å². The summed E-state index contributed by atoms with van der Waals surface area (Å²) in [7, 11) is -3.65. The summed E-state index contributed by atoms with van der Waals surface area (Å²) in [6, 6.07) is 1.21. The molecule has 6 nitrogen and oxygen atoms in total. The van der Waals surface area contributed by atoms with Gasteiger partial charge < -0.3 is 9.67 Å². The predicted molar refractivity (Wildman–Crippen MR) is 78.8 cm³/mol. The van der Waals surface area contributed by atoms with Crippen LogP contribution in [0.5, 0.6) is 0 Å². The van der Waals surface area contributed by atoms with Crippen molar-refractivity contribution in [3.05, 3.63) is 18.0 Å². The zero-order chi connectivity index (χ0) is 15.6. The van der Waals surface area contributed by atoms with Crippen molar-refractivity contribution in [2.75, 3.05) is 6.54 Å². The van der Waals surface area contributed by atoms with Crippen LogP contribution in [0.1, 0.15) is 43.6 Å². The topological polar surface area (TPSA) is 88.4 Å². The first-order valence-electron chi connectivity index (χ1n) is 7.28. The highest BCUT2D eigenvalue weighted by molar-refractivity contribution is 7.89. The molecular weight excluding hydrogens is 292 g/mol. The highest BCUT2D eigenvalue weighted by Crippen LogP contribution is 2.30. The fraction of sp³-hybridized carbons (Fsp3) is 0.643. The van der Waals surface area contributed by atoms with Crippen molar-refractivity contribution in [1.82, 2.24) is 9.29 Å². The summed E-state index contributed by atoms with van der Waals surface area (Å²) < 4.78 is 28.6. The summed E-state index contributed by atoms with van der Waals surface area (Å²) in [6.45, 7) is 4.75. The minimum Gasteiger partial charge on any atom is -0.477 e. The van der Waals surface area contributed by atoms with Gasteiger partial charge in [-0.05, 0) is 31.2 Å². The van der Waals surface area contributed by atoms with Crippen LogP contribution < -0.4 is 4.72 Å². The molecule has 0 amide bonds. The summed E-state index contributed by atoms with van der Waals surface area (Å²) in [6.07, 6.45) is 4.70. The number of carboxylic acid groups (broad SMARTS) is 1. The van der Waals surface area contributed by atoms with E-state index in [2.05, 4.69) is 11.6 Å². The lowest BCUT2D eigenvalue weighted by Crippen LogP contribution is -2.30. The number of nitrogens with one attached hydrogen (secondary N) is 1. The summed E-state index contributed by atoms with van der Waals surface area (Å²) in [5.41, 5.74) is -0.00731. The van der Waals surface area contributed by atoms with E-state index < -0.39 is 16.0 Å². The third-order valence-corrected chi connectivity index (χ3v) is 5.71. The number of carbonyl (C=O) groups is 1. The SMILES string of the molecule is CCn1cc(S(=O)(=O)NCC2CCCC2C)cc1C(=O)O. The molecule has 1 aliphatic rings. The Bertz CT molecular complexity index is 621. The maximum Gasteiger partial charge on any atom is 0.352 e. The van der Waals surface area contributed by atoms with Gasteiger partial charge in [0.25, 0.3) is 0 Å². The van der Waals surface area contributed by atoms with Gasteiger partial charge in [-0.15, -0.1) is 0 Å². The zero-order valence-corrected chi connectivity index (χ0v) is 13.2. The van der Waals surface area contributed by atoms with E-state index in [1.165, 1.54) is 16.8 Å². The number of aromatic carboxylic acids is 1. The van der Waals surface area contributed by atoms with E-state index in [1.807, 2.05) is 0 Å². The Morgan fingerprint density at radius 3 is 2.67 bits per heavy atom. The molecule has 118 valence electrons. The zero-order valence-electron chi connectivity index (χ0n) is 12.4. The van der Waals surface area contributed by atoms with Crippen molar-refractivity contribution in [2.45, 2.75) is 44.6 Å². The third kappa shape index (κ3) is 3.47. The number of hydrogen-bond acceptors (Lipinski definition) is 3. The number of aromatic nitrogens is 1. The van der Waals surface area contributed by atoms with Crippen molar-refractivity contribution in [3.8, 4) is 0 Å². The molecule has 1 heterocycles. The minimum absolute atomic E-state index is 0.00731. The molecule has 0 radical (unpaired) electrons. The Balaban J connectivity index is 2.14. The van der Waals surface area contributed by atoms with Crippen LogP contribution in [0.2, 0.25) is 0 Å². The second-order valence-electron chi connectivity index (χ2n) is 5.67. The first-order valence-corrected chi connectivity index (χ1v) is 8.76. The maximum atomic E-state index is 12.3. The van der Waals surface area contributed by atoms with E-state index in [9.17, 15) is 13.2 Å². The van der Waals surface area contributed by atoms with Crippen LogP contribution in [0.3, 0.4) is 0 Å². The molecule has 0 aromatic carbocycles. The average Bonchev–Trinajstić information content (AvgIpc) is 3.02. The van der Waals surface area contributed by atoms with Gasteiger partial charge in [0, 0.05) is 19.3 Å². The molecule has 1 aromatic rings. The van der Waals surface area contributed by atoms with Crippen LogP contribution in [0.4, 0.5) is 0 Å². The first kappa shape index (κ1) is 16.0. The van der Waals surface area contributed by atoms with Crippen LogP contribution >= 0.6 is 0 Å². The van der Waals surface area contributed by atoms with E-state index in [-0.39, 0.29) is 10.6 Å². The summed E-state index contributed by atoms with van der Waals surface area (Å²) in [4.78, 5) is 11.1. The highest BCUT2D eigenvalue weighted by atomic mass is 32.2. The van der Waals surface area contributed by atoms with E-state index in [4.69, 9.17) is 5.11 Å². The number of nitrogens with zero attached hydrogens (tertiary/aromatic N) is 1. The van der Waals surface area contributed by atoms with Crippen LogP contribution in [-0.4, -0.2) is 30.6 Å². The monoisotopic (exact) mass is 314 g/mol. The molecule has 1 fully saturated rings. The van der Waals surface area contributed by atoms with Crippen molar-refractivity contribution < 1.29 is 18.3 Å². The molecule has 0 aliphatic heterocycles. The predicted octanol–water partition coefficient (Wildman–Crippen LogP) is 1.92. The molecule has 1 aromatic heterocycles. The molecule has 21 heavy (non-hydrogen) atoms. The van der Waals surface area contributed by atoms with E-state index in [0.717, 1.165) is 19.3 Å². The van der Waals surface area contributed by atoms with E-state index in [0.29, 0.717) is 24.9 Å². The van der Waals surface area contributed by atoms with Crippen LogP contribution in [0.25, 0.3) is 0 Å². The highest BCUT2D eigenvalue weighted by Gasteiger charge is 2.26. The van der Waals surface area contributed by atoms with Gasteiger partial charge in [-0.3, -0.25) is 0 Å². The summed E-state index contributed by atoms with van der Waals surface area (Å²) in [5.74, 6) is -0.225. The normalized spacial score (nSPS) is 22.6. The Morgan fingerprint density at radius 2 is 2.19 bits per heavy atom. The fourth-order valence-electron chi connectivity index (χ4n) is 2.90. The average molecular weight is 314 g/mol. The van der Waals surface area contributed by atoms with Gasteiger partial charge in [-0.25, -0.2) is 17.9 Å². The molecule has 1 aliphatic carbocycles. The molecular formula is C14H22N2O4S. The fourth-order valence-corrected chi connectivity index (χ4v) is 4.03. The molecule has 1 saturated carbocycles. The summed E-state index contributed by atoms with van der Waals surface area (Å²) >= 11 is 0. The Hall–Kier alpha value is -1.34. The van der Waals surface area contributed by atoms with Crippen LogP contribution in [-0.2, 0) is 16.6 Å². The third-order valence-electron chi connectivity index (χ3n) is 4.32. The molecule has 7 heteroatoms. The van der Waals surface area contributed by atoms with Crippen molar-refractivity contribution >= 4 is 16.0 Å². The molecule has 0 bridgehead atoms. The largest absolute Gasteiger partial charge is 0.477 e. The van der Waals surface area contributed by atoms with Gasteiger partial charge in [0.1, 0.15) is 10.6 Å². The number of hydrogen-bond donors (Lipinski definition) is 2. The number of aryl methyl sites for hydroxylation is 1. The van der Waals surface area contributed by atoms with Gasteiger partial charge in [-0.1, -0.05) is 19.8 Å². The Morgan fingerprint density at radius 1 is 1.48 bits per heavy atom. The lowest BCUT2D eigenvalue weighted by molar-refractivity contribution is 0.0685. The van der Waals surface area contributed by atoms with Gasteiger partial charge in [0.15, 0.2) is 0 Å². The van der Waals surface area contributed by atoms with Gasteiger partial charge in [0.05, 0.1) is 0 Å². The quantitative estimate of drug-likeness (QED) is 0.839. The van der Waals surface area contributed by atoms with Gasteiger partial charge in [0.2, 0.25) is 10.0 Å². The van der Waals surface area contributed by atoms with E-state index >= 15 is 0 Å². The number of carboxylic acids is 1. The number of sulfonamides is 1. The first-order chi connectivity index (χ1) is 9.85. The van der Waals surface area contributed by atoms with Crippen LogP contribution in [0.15, 0.2) is 17.2 Å². The smallest absolute Gasteiger partial charge is 0.352 e. The van der Waals surface area contributed by atoms with E-state index in [1.54, 1.807) is 6.92 Å². The van der Waals surface area contributed by atoms with Gasteiger partial charge >= 0.3 is 5.97 Å². The second-order valence-corrected chi connectivity index (χ2v) is 7.44.